The van der Waals surface area contributed by atoms with Gasteiger partial charge in [0.25, 0.3) is 0 Å². The maximum Gasteiger partial charge on any atom is 0.239 e. The van der Waals surface area contributed by atoms with Gasteiger partial charge in [-0.25, -0.2) is 0 Å². The van der Waals surface area contributed by atoms with Gasteiger partial charge in [0.2, 0.25) is 5.91 Å². The highest BCUT2D eigenvalue weighted by Gasteiger charge is 2.32. The molecule has 1 heterocycles. The summed E-state index contributed by atoms with van der Waals surface area (Å²) in [4.78, 5) is 14.3. The molecule has 0 aromatic rings. The van der Waals surface area contributed by atoms with E-state index in [-0.39, 0.29) is 17.6 Å². The number of nitrogens with zero attached hydrogens (tertiary/aromatic N) is 1. The van der Waals surface area contributed by atoms with Gasteiger partial charge in [-0.3, -0.25) is 4.79 Å². The van der Waals surface area contributed by atoms with Gasteiger partial charge in [-0.2, -0.15) is 0 Å². The van der Waals surface area contributed by atoms with E-state index < -0.39 is 0 Å². The first-order valence-corrected chi connectivity index (χ1v) is 7.04. The molecule has 0 aromatic carbocycles. The number of carbonyl (C=O) groups excluding carboxylic acids is 1. The molecule has 0 saturated carbocycles. The van der Waals surface area contributed by atoms with E-state index in [4.69, 9.17) is 4.74 Å². The normalized spacial score (nSPS) is 21.8. The summed E-state index contributed by atoms with van der Waals surface area (Å²) in [6.07, 6.45) is 2.01. The second-order valence-electron chi connectivity index (χ2n) is 5.97. The molecule has 1 fully saturated rings. The summed E-state index contributed by atoms with van der Waals surface area (Å²) >= 11 is 0. The Labute approximate surface area is 111 Å². The van der Waals surface area contributed by atoms with Gasteiger partial charge < -0.3 is 15.0 Å². The average molecular weight is 256 g/mol. The predicted octanol–water partition coefficient (Wildman–Crippen LogP) is 1.79. The van der Waals surface area contributed by atoms with Crippen LogP contribution in [0.5, 0.6) is 0 Å². The van der Waals surface area contributed by atoms with Crippen LogP contribution in [0, 0.1) is 0 Å². The summed E-state index contributed by atoms with van der Waals surface area (Å²) in [7, 11) is 0. The molecule has 1 aliphatic rings. The largest absolute Gasteiger partial charge is 0.374 e. The number of hydrogen-bond acceptors (Lipinski definition) is 3. The maximum atomic E-state index is 12.4. The molecule has 4 nitrogen and oxygen atoms in total. The predicted molar refractivity (Wildman–Crippen MR) is 73.6 cm³/mol. The zero-order valence-corrected chi connectivity index (χ0v) is 12.5. The topological polar surface area (TPSA) is 41.6 Å². The van der Waals surface area contributed by atoms with Crippen molar-refractivity contribution in [2.45, 2.75) is 65.1 Å². The summed E-state index contributed by atoms with van der Waals surface area (Å²) in [6.45, 7) is 12.5. The van der Waals surface area contributed by atoms with Gasteiger partial charge in [0, 0.05) is 25.7 Å². The van der Waals surface area contributed by atoms with Crippen molar-refractivity contribution in [3.63, 3.8) is 0 Å². The molecule has 106 valence electrons. The average Bonchev–Trinajstić information content (AvgIpc) is 2.23. The van der Waals surface area contributed by atoms with E-state index in [1.165, 1.54) is 0 Å². The van der Waals surface area contributed by atoms with Gasteiger partial charge in [0.1, 0.15) is 0 Å². The van der Waals surface area contributed by atoms with Gasteiger partial charge in [-0.15, -0.1) is 0 Å². The minimum Gasteiger partial charge on any atom is -0.374 e. The van der Waals surface area contributed by atoms with Crippen LogP contribution in [0.3, 0.4) is 0 Å². The van der Waals surface area contributed by atoms with Crippen LogP contribution in [0.25, 0.3) is 0 Å². The standard InChI is InChI=1S/C14H28N2O2/c1-6-18-14(4,5)10-16-9-7-8-12(13(16)17)15-11(2)3/h11-12,15H,6-10H2,1-5H3. The maximum absolute atomic E-state index is 12.4. The molecule has 1 N–H and O–H groups in total. The number of rotatable bonds is 6. The van der Waals surface area contributed by atoms with E-state index in [0.717, 1.165) is 19.4 Å². The first-order valence-electron chi connectivity index (χ1n) is 7.04. The second-order valence-corrected chi connectivity index (χ2v) is 5.97. The van der Waals surface area contributed by atoms with Crippen molar-refractivity contribution in [1.29, 1.82) is 0 Å². The lowest BCUT2D eigenvalue weighted by Crippen LogP contribution is -2.55. The molecule has 0 radical (unpaired) electrons. The third kappa shape index (κ3) is 4.58. The molecule has 0 bridgehead atoms. The van der Waals surface area contributed by atoms with Gasteiger partial charge in [0.15, 0.2) is 0 Å². The van der Waals surface area contributed by atoms with Gasteiger partial charge in [-0.05, 0) is 33.6 Å². The highest BCUT2D eigenvalue weighted by Crippen LogP contribution is 2.18. The fourth-order valence-corrected chi connectivity index (χ4v) is 2.55. The first-order chi connectivity index (χ1) is 8.35. The lowest BCUT2D eigenvalue weighted by Gasteiger charge is -2.38. The van der Waals surface area contributed by atoms with E-state index in [1.54, 1.807) is 0 Å². The molecule has 1 atom stereocenters. The number of likely N-dealkylation sites (tertiary alicyclic amines) is 1. The fourth-order valence-electron chi connectivity index (χ4n) is 2.55. The van der Waals surface area contributed by atoms with E-state index in [0.29, 0.717) is 19.2 Å². The Bertz CT molecular complexity index is 277. The van der Waals surface area contributed by atoms with E-state index in [1.807, 2.05) is 25.7 Å². The SMILES string of the molecule is CCOC(C)(C)CN1CCCC(NC(C)C)C1=O. The molecule has 18 heavy (non-hydrogen) atoms. The molecular formula is C14H28N2O2. The van der Waals surface area contributed by atoms with E-state index in [2.05, 4.69) is 19.2 Å². The number of nitrogens with one attached hydrogen (secondary N) is 1. The third-order valence-corrected chi connectivity index (χ3v) is 3.17. The zero-order chi connectivity index (χ0) is 13.8. The van der Waals surface area contributed by atoms with Gasteiger partial charge in [-0.1, -0.05) is 13.8 Å². The highest BCUT2D eigenvalue weighted by molar-refractivity contribution is 5.82. The number of piperidine rings is 1. The number of amides is 1. The van der Waals surface area contributed by atoms with Crippen molar-refractivity contribution in [3.8, 4) is 0 Å². The Hall–Kier alpha value is -0.610. The summed E-state index contributed by atoms with van der Waals surface area (Å²) < 4.78 is 5.68. The van der Waals surface area contributed by atoms with Crippen molar-refractivity contribution in [3.05, 3.63) is 0 Å². The zero-order valence-electron chi connectivity index (χ0n) is 12.5. The smallest absolute Gasteiger partial charge is 0.239 e. The Kier molecular flexibility index (Phi) is 5.60. The number of hydrogen-bond donors (Lipinski definition) is 1. The molecule has 0 aliphatic carbocycles. The van der Waals surface area contributed by atoms with Gasteiger partial charge >= 0.3 is 0 Å². The van der Waals surface area contributed by atoms with Crippen LogP contribution in [-0.2, 0) is 9.53 Å². The molecule has 4 heteroatoms. The highest BCUT2D eigenvalue weighted by atomic mass is 16.5. The molecule has 0 spiro atoms. The quantitative estimate of drug-likeness (QED) is 0.788. The van der Waals surface area contributed by atoms with Crippen LogP contribution >= 0.6 is 0 Å². The van der Waals surface area contributed by atoms with Crippen molar-refractivity contribution in [1.82, 2.24) is 10.2 Å². The first kappa shape index (κ1) is 15.4. The van der Waals surface area contributed by atoms with Crippen LogP contribution in [0.1, 0.15) is 47.5 Å². The Morgan fingerprint density at radius 2 is 2.17 bits per heavy atom. The molecule has 1 saturated heterocycles. The molecule has 1 aliphatic heterocycles. The third-order valence-electron chi connectivity index (χ3n) is 3.17. The van der Waals surface area contributed by atoms with Crippen LogP contribution in [0.15, 0.2) is 0 Å². The summed E-state index contributed by atoms with van der Waals surface area (Å²) in [5.74, 6) is 0.225. The molecular weight excluding hydrogens is 228 g/mol. The van der Waals surface area contributed by atoms with Crippen LogP contribution in [-0.4, -0.2) is 48.2 Å². The van der Waals surface area contributed by atoms with Crippen molar-refractivity contribution in [2.75, 3.05) is 19.7 Å². The van der Waals surface area contributed by atoms with Crippen molar-refractivity contribution < 1.29 is 9.53 Å². The molecule has 1 amide bonds. The second kappa shape index (κ2) is 6.53. The van der Waals surface area contributed by atoms with E-state index >= 15 is 0 Å². The fraction of sp³-hybridized carbons (Fsp3) is 0.929. The van der Waals surface area contributed by atoms with Crippen LogP contribution in [0.2, 0.25) is 0 Å². The van der Waals surface area contributed by atoms with Gasteiger partial charge in [0.05, 0.1) is 11.6 Å². The Morgan fingerprint density at radius 1 is 1.50 bits per heavy atom. The summed E-state index contributed by atoms with van der Waals surface area (Å²) in [5, 5.41) is 3.35. The van der Waals surface area contributed by atoms with Crippen molar-refractivity contribution >= 4 is 5.91 Å². The summed E-state index contributed by atoms with van der Waals surface area (Å²) in [5.41, 5.74) is -0.260. The lowest BCUT2D eigenvalue weighted by molar-refractivity contribution is -0.141. The Balaban J connectivity index is 2.58. The Morgan fingerprint density at radius 3 is 2.72 bits per heavy atom. The van der Waals surface area contributed by atoms with Crippen molar-refractivity contribution in [2.24, 2.45) is 0 Å². The monoisotopic (exact) mass is 256 g/mol. The minimum absolute atomic E-state index is 0.0174. The van der Waals surface area contributed by atoms with Crippen LogP contribution in [0.4, 0.5) is 0 Å². The molecule has 1 unspecified atom stereocenters. The lowest BCUT2D eigenvalue weighted by atomic mass is 10.0. The molecule has 1 rings (SSSR count). The summed E-state index contributed by atoms with van der Waals surface area (Å²) in [6, 6.07) is 0.329. The number of ether oxygens (including phenoxy) is 1. The molecule has 0 aromatic heterocycles. The van der Waals surface area contributed by atoms with E-state index in [9.17, 15) is 4.79 Å². The number of carbonyl (C=O) groups is 1. The van der Waals surface area contributed by atoms with Crippen LogP contribution < -0.4 is 5.32 Å². The minimum atomic E-state index is -0.260.